The summed E-state index contributed by atoms with van der Waals surface area (Å²) < 4.78 is 22.1. The zero-order valence-electron chi connectivity index (χ0n) is 20.7. The van der Waals surface area contributed by atoms with Gasteiger partial charge < -0.3 is 39.2 Å². The van der Waals surface area contributed by atoms with Crippen LogP contribution < -0.4 is 9.47 Å². The second-order valence-electron chi connectivity index (χ2n) is 9.90. The third-order valence-corrected chi connectivity index (χ3v) is 8.03. The number of benzene rings is 1. The first-order valence-electron chi connectivity index (χ1n) is 12.1. The Morgan fingerprint density at radius 2 is 1.95 bits per heavy atom. The van der Waals surface area contributed by atoms with E-state index in [0.717, 1.165) is 17.2 Å². The molecule has 12 heteroatoms. The predicted molar refractivity (Wildman–Crippen MR) is 126 cm³/mol. The van der Waals surface area contributed by atoms with Crippen molar-refractivity contribution in [3.05, 3.63) is 47.2 Å². The van der Waals surface area contributed by atoms with Gasteiger partial charge in [0.2, 0.25) is 6.10 Å². The summed E-state index contributed by atoms with van der Waals surface area (Å²) >= 11 is 0. The number of esters is 2. The van der Waals surface area contributed by atoms with Crippen LogP contribution in [0.3, 0.4) is 0 Å². The quantitative estimate of drug-likeness (QED) is 0.316. The van der Waals surface area contributed by atoms with E-state index in [-0.39, 0.29) is 18.2 Å². The summed E-state index contributed by atoms with van der Waals surface area (Å²) in [5, 5.41) is 29.9. The van der Waals surface area contributed by atoms with Crippen molar-refractivity contribution in [2.75, 3.05) is 20.7 Å². The molecular formula is C26H27NO11. The number of likely N-dealkylation sites (tertiary alicyclic amines) is 1. The topological polar surface area (TPSA) is 169 Å². The predicted octanol–water partition coefficient (Wildman–Crippen LogP) is 0.543. The number of hydrogen-bond acceptors (Lipinski definition) is 10. The van der Waals surface area contributed by atoms with Crippen molar-refractivity contribution in [1.82, 2.24) is 4.90 Å². The van der Waals surface area contributed by atoms with Gasteiger partial charge in [-0.15, -0.1) is 0 Å². The van der Waals surface area contributed by atoms with Gasteiger partial charge in [0.1, 0.15) is 5.76 Å². The summed E-state index contributed by atoms with van der Waals surface area (Å²) in [6.07, 6.45) is 0.769. The highest BCUT2D eigenvalue weighted by Gasteiger charge is 2.72. The van der Waals surface area contributed by atoms with Crippen LogP contribution in [-0.4, -0.2) is 88.6 Å². The van der Waals surface area contributed by atoms with Crippen LogP contribution >= 0.6 is 0 Å². The summed E-state index contributed by atoms with van der Waals surface area (Å²) in [6, 6.07) is 3.62. The van der Waals surface area contributed by atoms with E-state index < -0.39 is 53.5 Å². The van der Waals surface area contributed by atoms with Crippen molar-refractivity contribution in [3.8, 4) is 11.5 Å². The average molecular weight is 529 g/mol. The highest BCUT2D eigenvalue weighted by atomic mass is 16.6. The Kier molecular flexibility index (Phi) is 6.19. The van der Waals surface area contributed by atoms with Gasteiger partial charge in [0.15, 0.2) is 17.6 Å². The van der Waals surface area contributed by atoms with E-state index in [1.807, 2.05) is 19.2 Å². The number of hydrogen-bond donors (Lipinski definition) is 3. The van der Waals surface area contributed by atoms with Crippen molar-refractivity contribution in [3.63, 3.8) is 0 Å². The molecule has 3 N–H and O–H groups in total. The standard InChI is InChI=1S/C26H27NO11/c1-27-10-9-25-21-13-3-4-14(35-2)22(21)38-23(25)15(7-8-26(25,34)17(27)11-13)36-19(30)5-6-20(31)37-16(24(32)33)12-18(28)29/h3-7,16-17,23,34H,8-12H2,1-2H3,(H,28,29)(H,32,33)/b6-5+/t16-,17+,23?,25?,26+/m0/s1. The van der Waals surface area contributed by atoms with Crippen LogP contribution in [0.1, 0.15) is 30.4 Å². The van der Waals surface area contributed by atoms with Gasteiger partial charge in [0.25, 0.3) is 0 Å². The van der Waals surface area contributed by atoms with Gasteiger partial charge in [-0.05, 0) is 44.1 Å². The first-order valence-corrected chi connectivity index (χ1v) is 12.1. The molecule has 202 valence electrons. The third-order valence-electron chi connectivity index (χ3n) is 8.03. The number of aliphatic hydroxyl groups is 1. The number of carbonyl (C=O) groups excluding carboxylic acids is 2. The Morgan fingerprint density at radius 3 is 2.63 bits per heavy atom. The molecule has 2 bridgehead atoms. The molecule has 2 aliphatic heterocycles. The van der Waals surface area contributed by atoms with Gasteiger partial charge in [-0.25, -0.2) is 14.4 Å². The molecule has 1 fully saturated rings. The molecule has 1 saturated heterocycles. The lowest BCUT2D eigenvalue weighted by atomic mass is 9.50. The van der Waals surface area contributed by atoms with Gasteiger partial charge in [-0.3, -0.25) is 4.79 Å². The first-order chi connectivity index (χ1) is 18.0. The van der Waals surface area contributed by atoms with Gasteiger partial charge in [0, 0.05) is 30.2 Å². The SMILES string of the molecule is COc1ccc2c3c1OC1C(OC(=O)/C=C/C(=O)O[C@@H](CC(=O)O)C(=O)O)=CC[C@@]4(O)[C@@H](C2)N(C)CCC314. The number of carboxylic acid groups (broad SMARTS) is 2. The van der Waals surface area contributed by atoms with E-state index in [9.17, 15) is 24.3 Å². The van der Waals surface area contributed by atoms with Gasteiger partial charge in [-0.1, -0.05) is 6.07 Å². The molecule has 1 aromatic rings. The van der Waals surface area contributed by atoms with Crippen LogP contribution in [0.4, 0.5) is 0 Å². The van der Waals surface area contributed by atoms with Crippen molar-refractivity contribution in [2.45, 2.75) is 54.9 Å². The van der Waals surface area contributed by atoms with Crippen molar-refractivity contribution >= 4 is 23.9 Å². The van der Waals surface area contributed by atoms with E-state index in [1.165, 1.54) is 7.11 Å². The third kappa shape index (κ3) is 3.74. The second kappa shape index (κ2) is 9.14. The fourth-order valence-corrected chi connectivity index (χ4v) is 6.39. The maximum absolute atomic E-state index is 12.6. The summed E-state index contributed by atoms with van der Waals surface area (Å²) in [6.45, 7) is 0.691. The van der Waals surface area contributed by atoms with Crippen molar-refractivity contribution < 1.29 is 53.4 Å². The molecule has 2 unspecified atom stereocenters. The highest BCUT2D eigenvalue weighted by Crippen LogP contribution is 2.65. The number of likely N-dealkylation sites (N-methyl/N-ethyl adjacent to an activating group) is 1. The monoisotopic (exact) mass is 529 g/mol. The lowest BCUT2D eigenvalue weighted by Gasteiger charge is -2.61. The van der Waals surface area contributed by atoms with Crippen LogP contribution in [0, 0.1) is 0 Å². The van der Waals surface area contributed by atoms with Crippen LogP contribution in [0.25, 0.3) is 0 Å². The molecule has 0 radical (unpaired) electrons. The zero-order valence-corrected chi connectivity index (χ0v) is 20.7. The van der Waals surface area contributed by atoms with E-state index in [0.29, 0.717) is 37.0 Å². The van der Waals surface area contributed by atoms with Gasteiger partial charge >= 0.3 is 23.9 Å². The molecule has 5 rings (SSSR count). The van der Waals surface area contributed by atoms with E-state index in [1.54, 1.807) is 6.08 Å². The second-order valence-corrected chi connectivity index (χ2v) is 9.90. The Bertz CT molecular complexity index is 1290. The number of carboxylic acids is 2. The molecule has 0 saturated carbocycles. The molecule has 12 nitrogen and oxygen atoms in total. The lowest BCUT2D eigenvalue weighted by molar-refractivity contribution is -0.168. The molecule has 38 heavy (non-hydrogen) atoms. The number of aliphatic carboxylic acids is 2. The smallest absolute Gasteiger partial charge is 0.345 e. The Balaban J connectivity index is 1.40. The number of methoxy groups -OCH3 is 1. The summed E-state index contributed by atoms with van der Waals surface area (Å²) in [7, 11) is 3.50. The number of nitrogens with zero attached hydrogens (tertiary/aromatic N) is 1. The summed E-state index contributed by atoms with van der Waals surface area (Å²) in [5.41, 5.74) is -0.150. The van der Waals surface area contributed by atoms with Crippen molar-refractivity contribution in [2.24, 2.45) is 0 Å². The van der Waals surface area contributed by atoms with Crippen LogP contribution in [0.5, 0.6) is 11.5 Å². The Hall–Kier alpha value is -3.90. The van der Waals surface area contributed by atoms with Crippen LogP contribution in [0.15, 0.2) is 36.1 Å². The molecule has 1 spiro atoms. The lowest BCUT2D eigenvalue weighted by Crippen LogP contribution is -2.74. The highest BCUT2D eigenvalue weighted by molar-refractivity contribution is 5.93. The number of ether oxygens (including phenoxy) is 4. The molecule has 0 amide bonds. The maximum Gasteiger partial charge on any atom is 0.345 e. The molecule has 2 aliphatic carbocycles. The first kappa shape index (κ1) is 25.7. The zero-order chi connectivity index (χ0) is 27.4. The minimum atomic E-state index is -1.91. The minimum absolute atomic E-state index is 0.176. The molecule has 1 aromatic carbocycles. The normalized spacial score (nSPS) is 29.5. The molecule has 5 atom stereocenters. The minimum Gasteiger partial charge on any atom is -0.493 e. The van der Waals surface area contributed by atoms with Gasteiger partial charge in [-0.2, -0.15) is 0 Å². The number of carbonyl (C=O) groups is 4. The van der Waals surface area contributed by atoms with E-state index in [4.69, 9.17) is 24.4 Å². The maximum atomic E-state index is 12.6. The van der Waals surface area contributed by atoms with E-state index in [2.05, 4.69) is 9.64 Å². The summed E-state index contributed by atoms with van der Waals surface area (Å²) in [4.78, 5) is 48.6. The van der Waals surface area contributed by atoms with Gasteiger partial charge in [0.05, 0.1) is 24.5 Å². The molecule has 4 aliphatic rings. The number of rotatable bonds is 8. The molecular weight excluding hydrogens is 502 g/mol. The molecule has 2 heterocycles. The Morgan fingerprint density at radius 1 is 1.21 bits per heavy atom. The van der Waals surface area contributed by atoms with Crippen molar-refractivity contribution in [1.29, 1.82) is 0 Å². The fraction of sp³-hybridized carbons (Fsp3) is 0.462. The van der Waals surface area contributed by atoms with E-state index >= 15 is 0 Å². The van der Waals surface area contributed by atoms with Crippen LogP contribution in [0.2, 0.25) is 0 Å². The number of piperidine rings is 1. The largest absolute Gasteiger partial charge is 0.493 e. The fourth-order valence-electron chi connectivity index (χ4n) is 6.39. The van der Waals surface area contributed by atoms with Crippen LogP contribution in [-0.2, 0) is 40.5 Å². The Labute approximate surface area is 217 Å². The summed E-state index contributed by atoms with van der Waals surface area (Å²) in [5.74, 6) is -4.06. The molecule has 0 aromatic heterocycles. The average Bonchev–Trinajstić information content (AvgIpc) is 3.21.